The van der Waals surface area contributed by atoms with Gasteiger partial charge in [-0.1, -0.05) is 18.2 Å². The lowest BCUT2D eigenvalue weighted by molar-refractivity contribution is 0.557. The van der Waals surface area contributed by atoms with Gasteiger partial charge in [0.2, 0.25) is 0 Å². The molecule has 0 unspecified atom stereocenters. The number of hydrogen-bond acceptors (Lipinski definition) is 2. The maximum Gasteiger partial charge on any atom is 0.174 e. The Balaban J connectivity index is 1.88. The maximum absolute atomic E-state index is 14.6. The molecular formula is C20H19FN4S. The molecule has 1 fully saturated rings. The van der Waals surface area contributed by atoms with Crippen molar-refractivity contribution in [1.82, 2.24) is 15.3 Å². The summed E-state index contributed by atoms with van der Waals surface area (Å²) >= 11 is 5.60. The average Bonchev–Trinajstić information content (AvgIpc) is 3.14. The summed E-state index contributed by atoms with van der Waals surface area (Å²) in [4.78, 5) is 9.71. The van der Waals surface area contributed by atoms with Crippen molar-refractivity contribution < 1.29 is 4.39 Å². The topological polar surface area (TPSA) is 44.0 Å². The minimum atomic E-state index is -0.298. The molecule has 0 aliphatic carbocycles. The summed E-state index contributed by atoms with van der Waals surface area (Å²) in [6.07, 6.45) is 1.76. The van der Waals surface area contributed by atoms with Crippen LogP contribution in [0.4, 0.5) is 10.1 Å². The summed E-state index contributed by atoms with van der Waals surface area (Å²) in [5.41, 5.74) is 4.52. The predicted molar refractivity (Wildman–Crippen MR) is 105 cm³/mol. The van der Waals surface area contributed by atoms with Crippen LogP contribution in [-0.4, -0.2) is 15.1 Å². The molecule has 1 saturated heterocycles. The number of thiocarbonyl (C=S) groups is 1. The fraction of sp³-hybridized carbons (Fsp3) is 0.200. The zero-order chi connectivity index (χ0) is 18.3. The van der Waals surface area contributed by atoms with Crippen LogP contribution in [0.5, 0.6) is 0 Å². The van der Waals surface area contributed by atoms with Crippen molar-refractivity contribution in [3.8, 4) is 0 Å². The third-order valence-electron chi connectivity index (χ3n) is 4.72. The largest absolute Gasteiger partial charge is 0.362 e. The Bertz CT molecular complexity index is 953. The van der Waals surface area contributed by atoms with Crippen LogP contribution in [0.15, 0.2) is 54.7 Å². The Morgan fingerprint density at radius 3 is 2.54 bits per heavy atom. The molecular weight excluding hydrogens is 347 g/mol. The number of nitrogens with one attached hydrogen (secondary N) is 2. The molecule has 2 aromatic heterocycles. The van der Waals surface area contributed by atoms with Gasteiger partial charge < -0.3 is 15.2 Å². The van der Waals surface area contributed by atoms with Gasteiger partial charge >= 0.3 is 0 Å². The van der Waals surface area contributed by atoms with Crippen LogP contribution in [0.25, 0.3) is 0 Å². The number of hydrogen-bond donors (Lipinski definition) is 2. The Hall–Kier alpha value is -2.73. The third kappa shape index (κ3) is 2.76. The highest BCUT2D eigenvalue weighted by molar-refractivity contribution is 7.80. The minimum absolute atomic E-state index is 0.169. The van der Waals surface area contributed by atoms with Crippen LogP contribution in [0.1, 0.15) is 34.7 Å². The first-order chi connectivity index (χ1) is 12.6. The number of para-hydroxylation sites is 1. The molecule has 2 atom stereocenters. The summed E-state index contributed by atoms with van der Waals surface area (Å²) in [5, 5.41) is 3.84. The summed E-state index contributed by atoms with van der Waals surface area (Å²) in [6.45, 7) is 4.04. The molecule has 3 aromatic rings. The molecule has 1 aliphatic heterocycles. The van der Waals surface area contributed by atoms with E-state index in [0.29, 0.717) is 10.8 Å². The van der Waals surface area contributed by atoms with Crippen molar-refractivity contribution in [3.05, 3.63) is 83.2 Å². The van der Waals surface area contributed by atoms with Crippen LogP contribution < -0.4 is 10.2 Å². The Labute approximate surface area is 157 Å². The highest BCUT2D eigenvalue weighted by Gasteiger charge is 2.42. The first-order valence-corrected chi connectivity index (χ1v) is 8.88. The summed E-state index contributed by atoms with van der Waals surface area (Å²) in [5.74, 6) is -0.298. The van der Waals surface area contributed by atoms with Crippen molar-refractivity contribution in [2.45, 2.75) is 25.9 Å². The van der Waals surface area contributed by atoms with E-state index in [1.165, 1.54) is 6.07 Å². The van der Waals surface area contributed by atoms with Crippen LogP contribution in [0.2, 0.25) is 0 Å². The molecule has 132 valence electrons. The second kappa shape index (κ2) is 6.53. The zero-order valence-corrected chi connectivity index (χ0v) is 15.3. The lowest BCUT2D eigenvalue weighted by Gasteiger charge is -2.28. The summed E-state index contributed by atoms with van der Waals surface area (Å²) < 4.78 is 14.6. The highest BCUT2D eigenvalue weighted by atomic mass is 32.1. The number of benzene rings is 1. The van der Waals surface area contributed by atoms with Gasteiger partial charge in [0.25, 0.3) is 0 Å². The van der Waals surface area contributed by atoms with Crippen molar-refractivity contribution in [3.63, 3.8) is 0 Å². The molecule has 0 saturated carbocycles. The number of H-pyrrole nitrogens is 1. The van der Waals surface area contributed by atoms with E-state index in [0.717, 1.165) is 22.6 Å². The molecule has 1 aromatic carbocycles. The molecule has 3 heterocycles. The SMILES string of the molecule is Cc1cc([C@H]2[C@@H](c3ccccn3)NC(=S)N2c2ccccc2F)c(C)[nH]1. The first-order valence-electron chi connectivity index (χ1n) is 8.47. The number of anilines is 1. The average molecular weight is 366 g/mol. The molecule has 0 spiro atoms. The van der Waals surface area contributed by atoms with E-state index in [1.807, 2.05) is 43.0 Å². The molecule has 0 amide bonds. The van der Waals surface area contributed by atoms with Crippen LogP contribution in [0.3, 0.4) is 0 Å². The number of aromatic nitrogens is 2. The van der Waals surface area contributed by atoms with E-state index in [9.17, 15) is 4.39 Å². The van der Waals surface area contributed by atoms with Crippen molar-refractivity contribution >= 4 is 23.0 Å². The monoisotopic (exact) mass is 366 g/mol. The molecule has 26 heavy (non-hydrogen) atoms. The Morgan fingerprint density at radius 2 is 1.88 bits per heavy atom. The minimum Gasteiger partial charge on any atom is -0.362 e. The molecule has 1 aliphatic rings. The van der Waals surface area contributed by atoms with Gasteiger partial charge in [0.05, 0.1) is 23.5 Å². The smallest absolute Gasteiger partial charge is 0.174 e. The number of aromatic amines is 1. The standard InChI is InChI=1S/C20H19FN4S/c1-12-11-14(13(2)23-12)19-18(16-8-5-6-10-22-16)24-20(26)25(19)17-9-4-3-7-15(17)21/h3-11,18-19,23H,1-2H3,(H,24,26)/t18-,19+/m1/s1. The van der Waals surface area contributed by atoms with Crippen molar-refractivity contribution in [2.24, 2.45) is 0 Å². The van der Waals surface area contributed by atoms with Crippen molar-refractivity contribution in [1.29, 1.82) is 0 Å². The summed E-state index contributed by atoms with van der Waals surface area (Å²) in [7, 11) is 0. The van der Waals surface area contributed by atoms with E-state index >= 15 is 0 Å². The van der Waals surface area contributed by atoms with E-state index in [2.05, 4.69) is 21.4 Å². The molecule has 0 radical (unpaired) electrons. The van der Waals surface area contributed by atoms with Gasteiger partial charge in [-0.2, -0.15) is 0 Å². The van der Waals surface area contributed by atoms with Gasteiger partial charge in [-0.3, -0.25) is 4.98 Å². The van der Waals surface area contributed by atoms with E-state index in [4.69, 9.17) is 12.2 Å². The van der Waals surface area contributed by atoms with Crippen molar-refractivity contribution in [2.75, 3.05) is 4.90 Å². The van der Waals surface area contributed by atoms with Gasteiger partial charge in [0.1, 0.15) is 5.82 Å². The lowest BCUT2D eigenvalue weighted by atomic mass is 9.96. The fourth-order valence-corrected chi connectivity index (χ4v) is 3.97. The molecule has 4 rings (SSSR count). The number of nitrogens with zero attached hydrogens (tertiary/aromatic N) is 2. The first kappa shape index (κ1) is 16.7. The van der Waals surface area contributed by atoms with Gasteiger partial charge in [-0.15, -0.1) is 0 Å². The van der Waals surface area contributed by atoms with E-state index < -0.39 is 0 Å². The summed E-state index contributed by atoms with van der Waals surface area (Å²) in [6, 6.07) is 14.2. The molecule has 2 N–H and O–H groups in total. The molecule has 0 bridgehead atoms. The maximum atomic E-state index is 14.6. The third-order valence-corrected chi connectivity index (χ3v) is 5.03. The number of pyridine rings is 1. The Kier molecular flexibility index (Phi) is 4.20. The van der Waals surface area contributed by atoms with Crippen LogP contribution in [-0.2, 0) is 0 Å². The van der Waals surface area contributed by atoms with Gasteiger partial charge in [0.15, 0.2) is 5.11 Å². The Morgan fingerprint density at radius 1 is 1.12 bits per heavy atom. The van der Waals surface area contributed by atoms with Crippen LogP contribution in [0, 0.1) is 19.7 Å². The predicted octanol–water partition coefficient (Wildman–Crippen LogP) is 4.34. The highest BCUT2D eigenvalue weighted by Crippen LogP contribution is 2.43. The van der Waals surface area contributed by atoms with Gasteiger partial charge in [-0.05, 0) is 62.0 Å². The van der Waals surface area contributed by atoms with E-state index in [1.54, 1.807) is 18.3 Å². The number of rotatable bonds is 3. The van der Waals surface area contributed by atoms with Crippen LogP contribution >= 0.6 is 12.2 Å². The second-order valence-corrected chi connectivity index (χ2v) is 6.87. The number of aryl methyl sites for hydroxylation is 2. The van der Waals surface area contributed by atoms with Gasteiger partial charge in [0, 0.05) is 17.6 Å². The van der Waals surface area contributed by atoms with E-state index in [-0.39, 0.29) is 17.9 Å². The number of halogens is 1. The quantitative estimate of drug-likeness (QED) is 0.677. The normalized spacial score (nSPS) is 19.7. The molecule has 6 heteroatoms. The zero-order valence-electron chi connectivity index (χ0n) is 14.5. The lowest BCUT2D eigenvalue weighted by Crippen LogP contribution is -2.30. The fourth-order valence-electron chi connectivity index (χ4n) is 3.63. The second-order valence-electron chi connectivity index (χ2n) is 6.48. The van der Waals surface area contributed by atoms with Gasteiger partial charge in [-0.25, -0.2) is 4.39 Å². The molecule has 4 nitrogen and oxygen atoms in total.